The summed E-state index contributed by atoms with van der Waals surface area (Å²) in [6.07, 6.45) is 2.33. The molecule has 1 aromatic rings. The molecule has 0 radical (unpaired) electrons. The van der Waals surface area contributed by atoms with E-state index in [4.69, 9.17) is 0 Å². The van der Waals surface area contributed by atoms with Crippen molar-refractivity contribution in [2.24, 2.45) is 0 Å². The number of aromatic amines is 1. The predicted molar refractivity (Wildman–Crippen MR) is 37.8 cm³/mol. The Morgan fingerprint density at radius 3 is 3.00 bits per heavy atom. The molecule has 10 heavy (non-hydrogen) atoms. The third-order valence-corrected chi connectivity index (χ3v) is 1.59. The summed E-state index contributed by atoms with van der Waals surface area (Å²) in [6.45, 7) is 3.98. The van der Waals surface area contributed by atoms with Gasteiger partial charge in [0.25, 0.3) is 0 Å². The molecule has 0 amide bonds. The molecule has 0 saturated heterocycles. The fourth-order valence-electron chi connectivity index (χ4n) is 0.752. The molecule has 1 heterocycles. The molecule has 0 aromatic carbocycles. The Balaban J connectivity index is 2.93. The lowest BCUT2D eigenvalue weighted by Crippen LogP contribution is -2.21. The minimum atomic E-state index is -0.130. The van der Waals surface area contributed by atoms with E-state index >= 15 is 0 Å². The molecule has 1 atom stereocenters. The number of rotatable bonds is 2. The summed E-state index contributed by atoms with van der Waals surface area (Å²) in [5.41, 5.74) is -0.130. The third kappa shape index (κ3) is 1.10. The highest BCUT2D eigenvalue weighted by atomic mass is 16.1. The molecule has 0 unspecified atom stereocenters. The predicted octanol–water partition coefficient (Wildman–Crippen LogP) is 0.542. The molecule has 0 bridgehead atoms. The second kappa shape index (κ2) is 2.68. The molecule has 1 rings (SSSR count). The van der Waals surface area contributed by atoms with Crippen molar-refractivity contribution in [1.82, 2.24) is 14.8 Å². The molecule has 0 aliphatic carbocycles. The van der Waals surface area contributed by atoms with Crippen molar-refractivity contribution in [3.05, 3.63) is 16.8 Å². The van der Waals surface area contributed by atoms with Gasteiger partial charge in [-0.3, -0.25) is 4.98 Å². The van der Waals surface area contributed by atoms with Gasteiger partial charge in [0.2, 0.25) is 0 Å². The quantitative estimate of drug-likeness (QED) is 0.653. The van der Waals surface area contributed by atoms with Crippen molar-refractivity contribution in [2.45, 2.75) is 26.3 Å². The van der Waals surface area contributed by atoms with E-state index in [0.717, 1.165) is 6.42 Å². The van der Waals surface area contributed by atoms with Crippen molar-refractivity contribution in [3.63, 3.8) is 0 Å². The Labute approximate surface area is 58.9 Å². The summed E-state index contributed by atoms with van der Waals surface area (Å²) in [5.74, 6) is 0. The summed E-state index contributed by atoms with van der Waals surface area (Å²) in [5, 5.41) is 3.84. The van der Waals surface area contributed by atoms with E-state index in [2.05, 4.69) is 10.1 Å². The van der Waals surface area contributed by atoms with E-state index in [1.807, 2.05) is 13.8 Å². The number of nitrogens with zero attached hydrogens (tertiary/aromatic N) is 2. The molecule has 1 N–H and O–H groups in total. The summed E-state index contributed by atoms with van der Waals surface area (Å²) in [6, 6.07) is 0.193. The van der Waals surface area contributed by atoms with Gasteiger partial charge in [0.1, 0.15) is 6.33 Å². The number of nitrogens with one attached hydrogen (secondary N) is 1. The lowest BCUT2D eigenvalue weighted by Gasteiger charge is -2.04. The first-order valence-corrected chi connectivity index (χ1v) is 3.38. The number of hydrogen-bond acceptors (Lipinski definition) is 2. The highest BCUT2D eigenvalue weighted by molar-refractivity contribution is 4.65. The van der Waals surface area contributed by atoms with Gasteiger partial charge in [0.05, 0.1) is 6.04 Å². The monoisotopic (exact) mass is 141 g/mol. The molecular formula is C6H11N3O. The summed E-state index contributed by atoms with van der Waals surface area (Å²) in [4.78, 5) is 13.3. The molecule has 4 heteroatoms. The lowest BCUT2D eigenvalue weighted by molar-refractivity contribution is 0.463. The first kappa shape index (κ1) is 7.05. The summed E-state index contributed by atoms with van der Waals surface area (Å²) >= 11 is 0. The zero-order valence-corrected chi connectivity index (χ0v) is 6.16. The SMILES string of the molecule is CC[C@@H](C)n1nc[nH]c1=O. The summed E-state index contributed by atoms with van der Waals surface area (Å²) in [7, 11) is 0. The first-order chi connectivity index (χ1) is 4.75. The van der Waals surface area contributed by atoms with Crippen molar-refractivity contribution in [1.29, 1.82) is 0 Å². The Kier molecular flexibility index (Phi) is 1.89. The van der Waals surface area contributed by atoms with Gasteiger partial charge in [0.15, 0.2) is 0 Å². The maximum Gasteiger partial charge on any atom is 0.343 e. The van der Waals surface area contributed by atoms with Crippen LogP contribution in [0.3, 0.4) is 0 Å². The van der Waals surface area contributed by atoms with E-state index in [0.29, 0.717) is 0 Å². The van der Waals surface area contributed by atoms with Crippen molar-refractivity contribution >= 4 is 0 Å². The summed E-state index contributed by atoms with van der Waals surface area (Å²) < 4.78 is 1.44. The molecular weight excluding hydrogens is 130 g/mol. The van der Waals surface area contributed by atoms with Gasteiger partial charge >= 0.3 is 5.69 Å². The smallest absolute Gasteiger partial charge is 0.295 e. The fourth-order valence-corrected chi connectivity index (χ4v) is 0.752. The normalized spacial score (nSPS) is 13.4. The largest absolute Gasteiger partial charge is 0.343 e. The highest BCUT2D eigenvalue weighted by Gasteiger charge is 2.03. The van der Waals surface area contributed by atoms with Crippen molar-refractivity contribution in [2.75, 3.05) is 0 Å². The topological polar surface area (TPSA) is 50.7 Å². The Morgan fingerprint density at radius 2 is 2.60 bits per heavy atom. The minimum absolute atomic E-state index is 0.130. The Bertz CT molecular complexity index is 249. The average molecular weight is 141 g/mol. The van der Waals surface area contributed by atoms with Crippen LogP contribution in [0.2, 0.25) is 0 Å². The van der Waals surface area contributed by atoms with Gasteiger partial charge in [-0.05, 0) is 13.3 Å². The second-order valence-corrected chi connectivity index (χ2v) is 2.30. The number of hydrogen-bond donors (Lipinski definition) is 1. The number of aromatic nitrogens is 3. The van der Waals surface area contributed by atoms with Gasteiger partial charge in [-0.1, -0.05) is 6.92 Å². The van der Waals surface area contributed by atoms with Gasteiger partial charge in [-0.15, -0.1) is 0 Å². The van der Waals surface area contributed by atoms with E-state index in [1.54, 1.807) is 0 Å². The molecule has 0 aliphatic rings. The van der Waals surface area contributed by atoms with Crippen LogP contribution in [0, 0.1) is 0 Å². The van der Waals surface area contributed by atoms with E-state index in [-0.39, 0.29) is 11.7 Å². The zero-order valence-electron chi connectivity index (χ0n) is 6.16. The van der Waals surface area contributed by atoms with Crippen LogP contribution in [0.25, 0.3) is 0 Å². The molecule has 0 spiro atoms. The second-order valence-electron chi connectivity index (χ2n) is 2.30. The van der Waals surface area contributed by atoms with Crippen molar-refractivity contribution in [3.8, 4) is 0 Å². The molecule has 56 valence electrons. The highest BCUT2D eigenvalue weighted by Crippen LogP contribution is 2.02. The fraction of sp³-hybridized carbons (Fsp3) is 0.667. The maximum atomic E-state index is 10.9. The maximum absolute atomic E-state index is 10.9. The van der Waals surface area contributed by atoms with E-state index in [9.17, 15) is 4.79 Å². The molecule has 1 aromatic heterocycles. The van der Waals surface area contributed by atoms with Gasteiger partial charge < -0.3 is 0 Å². The van der Waals surface area contributed by atoms with Crippen LogP contribution >= 0.6 is 0 Å². The van der Waals surface area contributed by atoms with Crippen LogP contribution in [-0.4, -0.2) is 14.8 Å². The van der Waals surface area contributed by atoms with Crippen LogP contribution in [0.15, 0.2) is 11.1 Å². The van der Waals surface area contributed by atoms with E-state index in [1.165, 1.54) is 11.0 Å². The van der Waals surface area contributed by atoms with Crippen LogP contribution in [0.4, 0.5) is 0 Å². The van der Waals surface area contributed by atoms with Gasteiger partial charge in [-0.25, -0.2) is 9.48 Å². The minimum Gasteiger partial charge on any atom is -0.295 e. The van der Waals surface area contributed by atoms with Gasteiger partial charge in [-0.2, -0.15) is 5.10 Å². The number of H-pyrrole nitrogens is 1. The van der Waals surface area contributed by atoms with E-state index < -0.39 is 0 Å². The zero-order chi connectivity index (χ0) is 7.56. The first-order valence-electron chi connectivity index (χ1n) is 3.38. The average Bonchev–Trinajstić information content (AvgIpc) is 2.34. The molecule has 0 saturated carbocycles. The van der Waals surface area contributed by atoms with Crippen LogP contribution in [0.5, 0.6) is 0 Å². The van der Waals surface area contributed by atoms with Crippen LogP contribution < -0.4 is 5.69 Å². The lowest BCUT2D eigenvalue weighted by atomic mass is 10.3. The van der Waals surface area contributed by atoms with Crippen LogP contribution in [-0.2, 0) is 0 Å². The molecule has 0 aliphatic heterocycles. The van der Waals surface area contributed by atoms with Crippen molar-refractivity contribution < 1.29 is 0 Å². The standard InChI is InChI=1S/C6H11N3O/c1-3-5(2)9-6(10)7-4-8-9/h4-5H,3H2,1-2H3,(H,7,8,10)/t5-/m1/s1. The van der Waals surface area contributed by atoms with Crippen LogP contribution in [0.1, 0.15) is 26.3 Å². The van der Waals surface area contributed by atoms with Gasteiger partial charge in [0, 0.05) is 0 Å². The molecule has 4 nitrogen and oxygen atoms in total. The Morgan fingerprint density at radius 1 is 1.90 bits per heavy atom. The third-order valence-electron chi connectivity index (χ3n) is 1.59. The Hall–Kier alpha value is -1.06. The molecule has 0 fully saturated rings.